The zero-order valence-corrected chi connectivity index (χ0v) is 21.0. The van der Waals surface area contributed by atoms with Crippen molar-refractivity contribution in [2.24, 2.45) is 10.2 Å². The Bertz CT molecular complexity index is 1770. The summed E-state index contributed by atoms with van der Waals surface area (Å²) < 4.78 is 71.9. The molecule has 4 aromatic rings. The molecule has 0 heterocycles. The van der Waals surface area contributed by atoms with Crippen LogP contribution in [-0.4, -0.2) is 43.4 Å². The van der Waals surface area contributed by atoms with Crippen LogP contribution in [0.1, 0.15) is 0 Å². The molecule has 0 bridgehead atoms. The molecule has 0 saturated carbocycles. The van der Waals surface area contributed by atoms with Crippen LogP contribution in [-0.2, 0) is 29.6 Å². The van der Waals surface area contributed by atoms with Gasteiger partial charge in [-0.3, -0.25) is 9.11 Å². The van der Waals surface area contributed by atoms with Crippen LogP contribution in [0.4, 0.5) is 17.1 Å². The second kappa shape index (κ2) is 10.2. The molecule has 37 heavy (non-hydrogen) atoms. The van der Waals surface area contributed by atoms with Crippen molar-refractivity contribution in [1.29, 1.82) is 0 Å². The van der Waals surface area contributed by atoms with Crippen LogP contribution in [0.15, 0.2) is 79.5 Å². The van der Waals surface area contributed by atoms with E-state index in [9.17, 15) is 31.0 Å². The maximum atomic E-state index is 12.3. The molecule has 0 atom stereocenters. The van der Waals surface area contributed by atoms with Crippen molar-refractivity contribution in [2.75, 3.05) is 12.4 Å². The van der Waals surface area contributed by atoms with Crippen molar-refractivity contribution in [2.45, 2.75) is 14.7 Å². The normalized spacial score (nSPS) is 12.5. The largest absolute Gasteiger partial charge is 0.505 e. The average molecular weight is 568 g/mol. The van der Waals surface area contributed by atoms with E-state index in [2.05, 4.69) is 24.9 Å². The highest BCUT2D eigenvalue weighted by Gasteiger charge is 2.24. The fourth-order valence-electron chi connectivity index (χ4n) is 3.69. The highest BCUT2D eigenvalue weighted by Crippen LogP contribution is 2.45. The second-order valence-corrected chi connectivity index (χ2v) is 10.9. The van der Waals surface area contributed by atoms with Crippen LogP contribution in [0.3, 0.4) is 0 Å². The minimum atomic E-state index is -4.99. The maximum absolute atomic E-state index is 12.3. The molecule has 194 valence electrons. The summed E-state index contributed by atoms with van der Waals surface area (Å²) in [6.45, 7) is 0. The Labute approximate surface area is 213 Å². The number of azo groups is 1. The molecule has 0 amide bonds. The van der Waals surface area contributed by atoms with Crippen molar-refractivity contribution < 1.29 is 45.7 Å². The lowest BCUT2D eigenvalue weighted by Crippen LogP contribution is -2.03. The number of fused-ring (bicyclic) bond motifs is 2. The summed E-state index contributed by atoms with van der Waals surface area (Å²) >= 11 is 0.473. The smallest absolute Gasteiger partial charge is 0.297 e. The fraction of sp³-hybridized carbons (Fsp3) is 0.0476. The monoisotopic (exact) mass is 567 g/mol. The molecule has 0 saturated heterocycles. The van der Waals surface area contributed by atoms with Gasteiger partial charge in [-0.25, -0.2) is 5.26 Å². The van der Waals surface area contributed by atoms with E-state index < -0.39 is 35.7 Å². The van der Waals surface area contributed by atoms with E-state index in [1.165, 1.54) is 24.3 Å². The minimum absolute atomic E-state index is 0.110. The van der Waals surface area contributed by atoms with E-state index in [4.69, 9.17) is 5.26 Å². The van der Waals surface area contributed by atoms with Gasteiger partial charge in [-0.1, -0.05) is 23.2 Å². The van der Waals surface area contributed by atoms with Crippen LogP contribution in [0, 0.1) is 0 Å². The topological polar surface area (TPSA) is 204 Å². The van der Waals surface area contributed by atoms with Crippen molar-refractivity contribution >= 4 is 70.9 Å². The van der Waals surface area contributed by atoms with Gasteiger partial charge in [-0.2, -0.15) is 16.8 Å². The Morgan fingerprint density at radius 3 is 2.27 bits per heavy atom. The summed E-state index contributed by atoms with van der Waals surface area (Å²) in [5.41, 5.74) is 0.136. The Kier molecular flexibility index (Phi) is 7.36. The van der Waals surface area contributed by atoms with Crippen LogP contribution >= 0.6 is 12.0 Å². The highest BCUT2D eigenvalue weighted by atomic mass is 32.2. The predicted molar refractivity (Wildman–Crippen MR) is 134 cm³/mol. The van der Waals surface area contributed by atoms with Crippen molar-refractivity contribution in [3.8, 4) is 5.75 Å². The summed E-state index contributed by atoms with van der Waals surface area (Å²) in [7, 11) is -8.00. The Hall–Kier alpha value is -3.35. The third-order valence-electron chi connectivity index (χ3n) is 5.24. The molecule has 4 aromatic carbocycles. The van der Waals surface area contributed by atoms with E-state index >= 15 is 0 Å². The van der Waals surface area contributed by atoms with Crippen molar-refractivity contribution in [1.82, 2.24) is 0 Å². The van der Waals surface area contributed by atoms with Crippen LogP contribution in [0.25, 0.3) is 21.5 Å². The molecule has 0 aliphatic heterocycles. The number of nitrogens with zero attached hydrogens (tertiary/aromatic N) is 2. The van der Waals surface area contributed by atoms with Gasteiger partial charge >= 0.3 is 0 Å². The summed E-state index contributed by atoms with van der Waals surface area (Å²) in [4.78, 5) is -1.24. The lowest BCUT2D eigenvalue weighted by atomic mass is 10.1. The lowest BCUT2D eigenvalue weighted by Gasteiger charge is -2.11. The molecule has 0 aliphatic carbocycles. The number of anilines is 1. The first-order valence-corrected chi connectivity index (χ1v) is 13.6. The summed E-state index contributed by atoms with van der Waals surface area (Å²) in [6, 6.07) is 12.2. The number of phenolic OH excluding ortho intramolecular Hbond substituents is 1. The van der Waals surface area contributed by atoms with Gasteiger partial charge in [0.1, 0.15) is 21.2 Å². The van der Waals surface area contributed by atoms with Gasteiger partial charge < -0.3 is 10.4 Å². The molecule has 5 N–H and O–H groups in total. The number of benzene rings is 4. The van der Waals surface area contributed by atoms with E-state index in [-0.39, 0.29) is 27.1 Å². The third kappa shape index (κ3) is 5.36. The summed E-state index contributed by atoms with van der Waals surface area (Å²) in [5.74, 6) is -0.365. The Balaban J connectivity index is 1.95. The van der Waals surface area contributed by atoms with E-state index in [0.29, 0.717) is 22.8 Å². The first kappa shape index (κ1) is 26.7. The standard InChI is InChI=1S/C21H17N3O10S3/c1-22-12-5-6-13-11(9-12)10-17(35-34-33-26)19(20(13)25)24-23-16-8-7-14-15(21(16)37(30,31)32)3-2-4-18(14)36(27,28)29/h2-10,22,25-26H,1H3,(H,27,28,29)(H,30,31,32). The quantitative estimate of drug-likeness (QED) is 0.0622. The number of aromatic hydroxyl groups is 1. The van der Waals surface area contributed by atoms with Crippen LogP contribution in [0.5, 0.6) is 5.75 Å². The van der Waals surface area contributed by atoms with Gasteiger partial charge in [-0.15, -0.1) is 14.6 Å². The van der Waals surface area contributed by atoms with E-state index in [0.717, 1.165) is 17.8 Å². The fourth-order valence-corrected chi connectivity index (χ4v) is 5.72. The third-order valence-corrected chi connectivity index (χ3v) is 7.72. The predicted octanol–water partition coefficient (Wildman–Crippen LogP) is 5.08. The van der Waals surface area contributed by atoms with Crippen molar-refractivity contribution in [3.05, 3.63) is 54.6 Å². The number of rotatable bonds is 8. The highest BCUT2D eigenvalue weighted by molar-refractivity contribution is 7.94. The molecular weight excluding hydrogens is 550 g/mol. The number of phenols is 1. The maximum Gasteiger partial charge on any atom is 0.297 e. The lowest BCUT2D eigenvalue weighted by molar-refractivity contribution is -0.432. The van der Waals surface area contributed by atoms with E-state index in [1.54, 1.807) is 25.2 Å². The van der Waals surface area contributed by atoms with Gasteiger partial charge in [-0.05, 0) is 41.8 Å². The molecule has 13 nitrogen and oxygen atoms in total. The molecule has 0 unspecified atom stereocenters. The first-order chi connectivity index (χ1) is 17.5. The molecular formula is C21H17N3O10S3. The molecule has 16 heteroatoms. The Morgan fingerprint density at radius 1 is 0.892 bits per heavy atom. The number of nitrogens with one attached hydrogen (secondary N) is 1. The molecule has 0 aliphatic rings. The second-order valence-electron chi connectivity index (χ2n) is 7.40. The average Bonchev–Trinajstić information content (AvgIpc) is 2.84. The van der Waals surface area contributed by atoms with Gasteiger partial charge in [0, 0.05) is 28.9 Å². The van der Waals surface area contributed by atoms with E-state index in [1.807, 2.05) is 0 Å². The van der Waals surface area contributed by atoms with Crippen LogP contribution in [0.2, 0.25) is 0 Å². The molecule has 4 rings (SSSR count). The molecule has 0 spiro atoms. The summed E-state index contributed by atoms with van der Waals surface area (Å²) in [5, 5.41) is 34.3. The van der Waals surface area contributed by atoms with Crippen LogP contribution < -0.4 is 5.32 Å². The number of hydrogen-bond acceptors (Lipinski definition) is 12. The molecule has 0 radical (unpaired) electrons. The van der Waals surface area contributed by atoms with Gasteiger partial charge in [0.15, 0.2) is 5.75 Å². The van der Waals surface area contributed by atoms with Gasteiger partial charge in [0.2, 0.25) is 0 Å². The Morgan fingerprint density at radius 2 is 1.62 bits per heavy atom. The minimum Gasteiger partial charge on any atom is -0.505 e. The van der Waals surface area contributed by atoms with Gasteiger partial charge in [0.25, 0.3) is 20.2 Å². The first-order valence-electron chi connectivity index (χ1n) is 10.0. The van der Waals surface area contributed by atoms with Gasteiger partial charge in [0.05, 0.1) is 16.9 Å². The summed E-state index contributed by atoms with van der Waals surface area (Å²) in [6.07, 6.45) is 0. The van der Waals surface area contributed by atoms with Crippen molar-refractivity contribution in [3.63, 3.8) is 0 Å². The SMILES string of the molecule is CNc1ccc2c(O)c(N=Nc3ccc4c(S(=O)(=O)O)cccc4c3S(=O)(=O)O)c(SOOO)cc2c1. The molecule has 0 aromatic heterocycles. The molecule has 0 fully saturated rings. The zero-order valence-electron chi connectivity index (χ0n) is 18.6. The number of hydrogen-bond donors (Lipinski definition) is 5. The zero-order chi connectivity index (χ0) is 27.0.